The Morgan fingerprint density at radius 2 is 1.90 bits per heavy atom. The highest BCUT2D eigenvalue weighted by Crippen LogP contribution is 2.32. The summed E-state index contributed by atoms with van der Waals surface area (Å²) in [5.74, 6) is -1.43. The number of aliphatic hydroxyl groups is 1. The summed E-state index contributed by atoms with van der Waals surface area (Å²) in [6, 6.07) is 12.2. The van der Waals surface area contributed by atoms with Gasteiger partial charge in [-0.15, -0.1) is 0 Å². The molecule has 1 unspecified atom stereocenters. The van der Waals surface area contributed by atoms with E-state index in [0.29, 0.717) is 18.5 Å². The van der Waals surface area contributed by atoms with Crippen LogP contribution in [0.3, 0.4) is 0 Å². The van der Waals surface area contributed by atoms with Gasteiger partial charge >= 0.3 is 6.09 Å². The van der Waals surface area contributed by atoms with Crippen molar-refractivity contribution in [2.24, 2.45) is 0 Å². The van der Waals surface area contributed by atoms with Crippen LogP contribution in [0.2, 0.25) is 0 Å². The van der Waals surface area contributed by atoms with Gasteiger partial charge in [-0.3, -0.25) is 4.90 Å². The minimum absolute atomic E-state index is 0.0153. The smallest absolute Gasteiger partial charge is 0.414 e. The quantitative estimate of drug-likeness (QED) is 0.809. The van der Waals surface area contributed by atoms with Crippen LogP contribution >= 0.6 is 0 Å². The predicted octanol–water partition coefficient (Wildman–Crippen LogP) is 3.27. The molecule has 1 amide bonds. The van der Waals surface area contributed by atoms with Crippen LogP contribution in [-0.2, 0) is 11.2 Å². The van der Waals surface area contributed by atoms with E-state index in [1.54, 1.807) is 0 Å². The van der Waals surface area contributed by atoms with Gasteiger partial charge in [0.25, 0.3) is 0 Å². The van der Waals surface area contributed by atoms with Crippen LogP contribution in [0, 0.1) is 11.6 Å². The number of carbonyl (C=O) groups excluding carboxylic acids is 1. The number of halogens is 2. The van der Waals surface area contributed by atoms with E-state index < -0.39 is 23.8 Å². The van der Waals surface area contributed by atoms with Gasteiger partial charge in [-0.2, -0.15) is 0 Å². The summed E-state index contributed by atoms with van der Waals surface area (Å²) >= 11 is 0. The Balaban J connectivity index is 1.59. The zero-order valence-electron chi connectivity index (χ0n) is 15.8. The van der Waals surface area contributed by atoms with Gasteiger partial charge in [-0.05, 0) is 42.7 Å². The molecule has 5 nitrogen and oxygen atoms in total. The number of cyclic esters (lactones) is 1. The van der Waals surface area contributed by atoms with Crippen LogP contribution in [0.1, 0.15) is 17.5 Å². The Bertz CT molecular complexity index is 910. The maximum atomic E-state index is 14.9. The molecule has 2 aliphatic rings. The maximum absolute atomic E-state index is 14.9. The number of benzene rings is 2. The molecule has 1 fully saturated rings. The van der Waals surface area contributed by atoms with E-state index in [2.05, 4.69) is 5.32 Å². The Morgan fingerprint density at radius 3 is 2.55 bits per heavy atom. The number of hydrogen-bond acceptors (Lipinski definition) is 4. The van der Waals surface area contributed by atoms with E-state index in [1.165, 1.54) is 0 Å². The molecule has 4 rings (SSSR count). The predicted molar refractivity (Wildman–Crippen MR) is 106 cm³/mol. The molecule has 0 radical (unpaired) electrons. The van der Waals surface area contributed by atoms with Crippen molar-refractivity contribution < 1.29 is 23.4 Å². The molecular weight excluding hydrogens is 378 g/mol. The highest BCUT2D eigenvalue weighted by Gasteiger charge is 2.33. The highest BCUT2D eigenvalue weighted by atomic mass is 19.1. The van der Waals surface area contributed by atoms with Crippen LogP contribution in [0.5, 0.6) is 0 Å². The third-order valence-corrected chi connectivity index (χ3v) is 5.24. The average molecular weight is 400 g/mol. The lowest BCUT2D eigenvalue weighted by Crippen LogP contribution is -2.34. The number of amides is 1. The molecular formula is C22H22F2N2O3. The normalized spacial score (nSPS) is 21.8. The number of rotatable bonds is 5. The Kier molecular flexibility index (Phi) is 5.60. The van der Waals surface area contributed by atoms with Gasteiger partial charge in [0.15, 0.2) is 0 Å². The Labute approximate surface area is 167 Å². The number of aliphatic hydroxyl groups excluding tert-OH is 1. The minimum atomic E-state index is -0.723. The van der Waals surface area contributed by atoms with E-state index in [9.17, 15) is 13.6 Å². The second-order valence-corrected chi connectivity index (χ2v) is 7.28. The van der Waals surface area contributed by atoms with Crippen molar-refractivity contribution in [2.75, 3.05) is 24.6 Å². The van der Waals surface area contributed by atoms with Crippen LogP contribution in [0.4, 0.5) is 19.3 Å². The summed E-state index contributed by atoms with van der Waals surface area (Å²) in [4.78, 5) is 13.0. The largest absolute Gasteiger partial charge is 0.441 e. The summed E-state index contributed by atoms with van der Waals surface area (Å²) in [5, 5.41) is 12.5. The van der Waals surface area contributed by atoms with Gasteiger partial charge in [0, 0.05) is 11.6 Å². The number of ether oxygens (including phenoxy) is 1. The molecule has 7 heteroatoms. The van der Waals surface area contributed by atoms with Crippen LogP contribution < -0.4 is 10.2 Å². The third-order valence-electron chi connectivity index (χ3n) is 5.24. The van der Waals surface area contributed by atoms with E-state index in [4.69, 9.17) is 9.84 Å². The first-order valence-electron chi connectivity index (χ1n) is 9.61. The molecule has 1 saturated heterocycles. The molecule has 29 heavy (non-hydrogen) atoms. The lowest BCUT2D eigenvalue weighted by molar-refractivity contribution is 0.0963. The standard InChI is InChI=1S/C22H22F2N2O3/c23-19-10-17(26-12-18(13-27)29-22(26)28)11-20(24)21(19)15-6-7-25-16(9-15)8-14-4-2-1-3-5-14/h1-5,9-11,16,18,25,27H,6-8,12-13H2/t16?,18-/m1/s1. The number of nitrogens with zero attached hydrogens (tertiary/aromatic N) is 1. The van der Waals surface area contributed by atoms with Crippen molar-refractivity contribution in [1.29, 1.82) is 0 Å². The molecule has 2 heterocycles. The van der Waals surface area contributed by atoms with Crippen molar-refractivity contribution in [3.63, 3.8) is 0 Å². The molecule has 0 aromatic heterocycles. The molecule has 0 bridgehead atoms. The molecule has 152 valence electrons. The van der Waals surface area contributed by atoms with E-state index in [-0.39, 0.29) is 30.4 Å². The average Bonchev–Trinajstić information content (AvgIpc) is 3.09. The Morgan fingerprint density at radius 1 is 1.17 bits per heavy atom. The van der Waals surface area contributed by atoms with Crippen molar-refractivity contribution >= 4 is 17.4 Å². The minimum Gasteiger partial charge on any atom is -0.441 e. The van der Waals surface area contributed by atoms with E-state index in [1.807, 2.05) is 36.4 Å². The molecule has 2 N–H and O–H groups in total. The molecule has 2 aliphatic heterocycles. The summed E-state index contributed by atoms with van der Waals surface area (Å²) < 4.78 is 34.7. The maximum Gasteiger partial charge on any atom is 0.414 e. The number of hydrogen-bond donors (Lipinski definition) is 2. The van der Waals surface area contributed by atoms with Gasteiger partial charge in [-0.1, -0.05) is 36.4 Å². The number of carbonyl (C=O) groups is 1. The first-order chi connectivity index (χ1) is 14.0. The lowest BCUT2D eigenvalue weighted by Gasteiger charge is -2.24. The van der Waals surface area contributed by atoms with Crippen molar-refractivity contribution in [3.8, 4) is 0 Å². The Hall–Kier alpha value is -2.77. The van der Waals surface area contributed by atoms with Gasteiger partial charge in [-0.25, -0.2) is 13.6 Å². The van der Waals surface area contributed by atoms with Gasteiger partial charge in [0.1, 0.15) is 17.7 Å². The first-order valence-corrected chi connectivity index (χ1v) is 9.61. The van der Waals surface area contributed by atoms with Crippen molar-refractivity contribution in [1.82, 2.24) is 5.32 Å². The molecule has 0 spiro atoms. The molecule has 0 aliphatic carbocycles. The summed E-state index contributed by atoms with van der Waals surface area (Å²) in [5.41, 5.74) is 1.79. The van der Waals surface area contributed by atoms with Crippen LogP contribution in [0.15, 0.2) is 48.5 Å². The molecule has 2 aromatic rings. The summed E-state index contributed by atoms with van der Waals surface area (Å²) in [6.45, 7) is 0.341. The SMILES string of the molecule is O=C1O[C@@H](CO)CN1c1cc(F)c(C2=CC(Cc3ccccc3)NCC2)c(F)c1. The topological polar surface area (TPSA) is 61.8 Å². The fraction of sp³-hybridized carbons (Fsp3) is 0.318. The lowest BCUT2D eigenvalue weighted by atomic mass is 9.93. The molecule has 2 atom stereocenters. The fourth-order valence-electron chi connectivity index (χ4n) is 3.83. The zero-order valence-corrected chi connectivity index (χ0v) is 15.8. The van der Waals surface area contributed by atoms with Gasteiger partial charge in [0.05, 0.1) is 18.8 Å². The second-order valence-electron chi connectivity index (χ2n) is 7.28. The first kappa shape index (κ1) is 19.5. The zero-order chi connectivity index (χ0) is 20.4. The van der Waals surface area contributed by atoms with Crippen molar-refractivity contribution in [2.45, 2.75) is 25.0 Å². The van der Waals surface area contributed by atoms with Crippen LogP contribution in [0.25, 0.3) is 5.57 Å². The van der Waals surface area contributed by atoms with Crippen molar-refractivity contribution in [3.05, 3.63) is 71.3 Å². The highest BCUT2D eigenvalue weighted by molar-refractivity contribution is 5.90. The van der Waals surface area contributed by atoms with Gasteiger partial charge < -0.3 is 15.2 Å². The molecule has 2 aromatic carbocycles. The second kappa shape index (κ2) is 8.31. The monoisotopic (exact) mass is 400 g/mol. The number of nitrogens with one attached hydrogen (secondary N) is 1. The summed E-state index contributed by atoms with van der Waals surface area (Å²) in [7, 11) is 0. The summed E-state index contributed by atoms with van der Waals surface area (Å²) in [6.07, 6.45) is 1.70. The fourth-order valence-corrected chi connectivity index (χ4v) is 3.83. The number of anilines is 1. The van der Waals surface area contributed by atoms with Gasteiger partial charge in [0.2, 0.25) is 0 Å². The van der Waals surface area contributed by atoms with E-state index in [0.717, 1.165) is 29.0 Å². The van der Waals surface area contributed by atoms with Crippen LogP contribution in [-0.4, -0.2) is 43.0 Å². The molecule has 0 saturated carbocycles. The third kappa shape index (κ3) is 4.16. The van der Waals surface area contributed by atoms with E-state index >= 15 is 0 Å².